The van der Waals surface area contributed by atoms with Crippen molar-refractivity contribution in [2.75, 3.05) is 39.5 Å². The number of carboxylic acid groups (broad SMARTS) is 1. The molecule has 9 nitrogen and oxygen atoms in total. The van der Waals surface area contributed by atoms with Crippen molar-refractivity contribution in [3.63, 3.8) is 0 Å². The van der Waals surface area contributed by atoms with Crippen LogP contribution in [0.2, 0.25) is 0 Å². The summed E-state index contributed by atoms with van der Waals surface area (Å²) in [6.07, 6.45) is -1.22. The Labute approximate surface area is 336 Å². The van der Waals surface area contributed by atoms with Gasteiger partial charge in [0.05, 0.1) is 36.3 Å². The molecule has 0 bridgehead atoms. The zero-order valence-corrected chi connectivity index (χ0v) is 34.0. The van der Waals surface area contributed by atoms with Crippen LogP contribution in [0.3, 0.4) is 0 Å². The average Bonchev–Trinajstić information content (AvgIpc) is 3.79. The van der Waals surface area contributed by atoms with E-state index in [1.54, 1.807) is 0 Å². The van der Waals surface area contributed by atoms with Crippen LogP contribution in [0.1, 0.15) is 48.5 Å². The molecule has 0 atom stereocenters. The monoisotopic (exact) mass is 786 g/mol. The quantitative estimate of drug-likeness (QED) is 0.227. The van der Waals surface area contributed by atoms with Gasteiger partial charge in [0, 0.05) is 5.97 Å². The molecular formula is C44H53BN4NiO5+. The van der Waals surface area contributed by atoms with Gasteiger partial charge in [0.1, 0.15) is 26.0 Å². The van der Waals surface area contributed by atoms with Gasteiger partial charge in [-0.2, -0.15) is 21.9 Å². The molecule has 1 radical (unpaired) electrons. The molecule has 0 fully saturated rings. The van der Waals surface area contributed by atoms with E-state index >= 15 is 0 Å². The second-order valence-electron chi connectivity index (χ2n) is 16.0. The van der Waals surface area contributed by atoms with Gasteiger partial charge in [-0.25, -0.2) is 15.0 Å². The van der Waals surface area contributed by atoms with Gasteiger partial charge in [0.25, 0.3) is 0 Å². The number of aliphatic carboxylic acids is 1. The predicted molar refractivity (Wildman–Crippen MR) is 220 cm³/mol. The summed E-state index contributed by atoms with van der Waals surface area (Å²) >= 11 is 0. The number of nitrogens with zero attached hydrogens (tertiary/aromatic N) is 4. The molecule has 3 aliphatic rings. The molecular weight excluding hydrogens is 734 g/mol. The number of hydrogen-bond donors (Lipinski definition) is 0. The van der Waals surface area contributed by atoms with E-state index in [1.165, 1.54) is 21.9 Å². The van der Waals surface area contributed by atoms with Crippen LogP contribution in [0, 0.1) is 0 Å². The summed E-state index contributed by atoms with van der Waals surface area (Å²) in [5.74, 6) is 1.17. The SMILES string of the molecule is CC(=O)[O-].CC1(C)COC(CN(CC2=NC(C)(C)CO2)CC2=NC(C)(C)CO2)=N1.[Ni+3].c1ccc([B-](c2ccccc2)(c2ccccc2)c2ccccc2)cc1. The van der Waals surface area contributed by atoms with E-state index in [2.05, 4.69) is 183 Å². The second kappa shape index (κ2) is 18.7. The first-order valence-electron chi connectivity index (χ1n) is 18.6. The third-order valence-corrected chi connectivity index (χ3v) is 9.33. The van der Waals surface area contributed by atoms with E-state index in [-0.39, 0.29) is 33.1 Å². The summed E-state index contributed by atoms with van der Waals surface area (Å²) < 4.78 is 17.3. The second-order valence-corrected chi connectivity index (χ2v) is 16.0. The number of carbonyl (C=O) groups excluding carboxylic acids is 1. The third kappa shape index (κ3) is 11.9. The van der Waals surface area contributed by atoms with Crippen molar-refractivity contribution in [1.29, 1.82) is 0 Å². The van der Waals surface area contributed by atoms with E-state index in [4.69, 9.17) is 24.1 Å². The number of carboxylic acids is 1. The Morgan fingerprint density at radius 3 is 0.945 bits per heavy atom. The Hall–Kier alpha value is -4.72. The topological polar surface area (TPSA) is 108 Å². The first-order valence-corrected chi connectivity index (χ1v) is 18.6. The molecule has 4 aromatic rings. The molecule has 291 valence electrons. The van der Waals surface area contributed by atoms with Crippen molar-refractivity contribution < 1.29 is 40.6 Å². The fourth-order valence-corrected chi connectivity index (χ4v) is 7.09. The standard InChI is InChI=1S/C24H20B.C18H30N4O3.C2H4O2.Ni/c1-5-13-21(14-6-1)25(22-15-7-2-8-16-22,23-17-9-3-10-18-23)24-19-11-4-12-20-24;1-16(2)10-23-13(19-16)7-22(8-14-20-17(3,4)11-24-14)9-15-21-18(5,6)12-25-15;1-2(3)4;/h1-20H;7-12H2,1-6H3;1H3,(H,3,4);/q-1;;;+3/p-1. The van der Waals surface area contributed by atoms with Crippen molar-refractivity contribution in [2.45, 2.75) is 65.1 Å². The van der Waals surface area contributed by atoms with Gasteiger partial charge in [0.15, 0.2) is 17.7 Å². The van der Waals surface area contributed by atoms with Crippen molar-refractivity contribution in [1.82, 2.24) is 4.90 Å². The molecule has 0 N–H and O–H groups in total. The minimum absolute atomic E-state index is 0. The first kappa shape index (κ1) is 43.0. The Balaban J connectivity index is 0.000000219. The Kier molecular flexibility index (Phi) is 14.7. The van der Waals surface area contributed by atoms with Crippen LogP contribution >= 0.6 is 0 Å². The molecule has 0 aliphatic carbocycles. The molecule has 0 unspecified atom stereocenters. The largest absolute Gasteiger partial charge is 3.00 e. The first-order chi connectivity index (χ1) is 25.7. The zero-order valence-electron chi connectivity index (χ0n) is 33.0. The fraction of sp³-hybridized carbons (Fsp3) is 0.364. The van der Waals surface area contributed by atoms with Crippen LogP contribution < -0.4 is 27.0 Å². The van der Waals surface area contributed by atoms with E-state index in [1.807, 2.05) is 0 Å². The summed E-state index contributed by atoms with van der Waals surface area (Å²) in [5.41, 5.74) is 4.88. The summed E-state index contributed by atoms with van der Waals surface area (Å²) in [6.45, 7) is 17.0. The minimum Gasteiger partial charge on any atom is -0.550 e. The molecule has 4 aromatic carbocycles. The molecule has 11 heteroatoms. The Bertz CT molecular complexity index is 1670. The van der Waals surface area contributed by atoms with Crippen LogP contribution in [0.15, 0.2) is 136 Å². The average molecular weight is 787 g/mol. The third-order valence-electron chi connectivity index (χ3n) is 9.33. The number of carbonyl (C=O) groups is 1. The van der Waals surface area contributed by atoms with E-state index in [0.29, 0.717) is 39.5 Å². The van der Waals surface area contributed by atoms with Gasteiger partial charge < -0.3 is 24.1 Å². The van der Waals surface area contributed by atoms with Gasteiger partial charge >= 0.3 is 16.5 Å². The summed E-state index contributed by atoms with van der Waals surface area (Å²) in [7, 11) is 0. The van der Waals surface area contributed by atoms with Crippen molar-refractivity contribution in [3.05, 3.63) is 121 Å². The van der Waals surface area contributed by atoms with Crippen molar-refractivity contribution in [2.24, 2.45) is 15.0 Å². The molecule has 0 saturated carbocycles. The van der Waals surface area contributed by atoms with Gasteiger partial charge in [0.2, 0.25) is 0 Å². The summed E-state index contributed by atoms with van der Waals surface area (Å²) in [5, 5.41) is 8.89. The molecule has 3 aliphatic heterocycles. The maximum Gasteiger partial charge on any atom is 3.00 e. The normalized spacial score (nSPS) is 17.3. The van der Waals surface area contributed by atoms with Gasteiger partial charge in [-0.1, -0.05) is 121 Å². The van der Waals surface area contributed by atoms with Gasteiger partial charge in [-0.15, -0.1) is 0 Å². The molecule has 0 saturated heterocycles. The van der Waals surface area contributed by atoms with Crippen LogP contribution in [0.25, 0.3) is 0 Å². The van der Waals surface area contributed by atoms with Crippen LogP contribution in [0.5, 0.6) is 0 Å². The molecule has 7 rings (SSSR count). The van der Waals surface area contributed by atoms with E-state index < -0.39 is 12.1 Å². The predicted octanol–water partition coefficient (Wildman–Crippen LogP) is 3.73. The number of aliphatic imine (C=N–C) groups is 3. The van der Waals surface area contributed by atoms with Crippen molar-refractivity contribution in [3.8, 4) is 0 Å². The maximum absolute atomic E-state index is 8.89. The molecule has 55 heavy (non-hydrogen) atoms. The van der Waals surface area contributed by atoms with Crippen LogP contribution in [0.4, 0.5) is 0 Å². The Morgan fingerprint density at radius 2 is 0.764 bits per heavy atom. The van der Waals surface area contributed by atoms with Crippen LogP contribution in [-0.2, 0) is 35.5 Å². The summed E-state index contributed by atoms with van der Waals surface area (Å²) in [6, 6.07) is 43.5. The van der Waals surface area contributed by atoms with E-state index in [9.17, 15) is 0 Å². The van der Waals surface area contributed by atoms with E-state index in [0.717, 1.165) is 24.6 Å². The molecule has 3 heterocycles. The Morgan fingerprint density at radius 1 is 0.545 bits per heavy atom. The number of ether oxygens (including phenoxy) is 3. The molecule has 0 spiro atoms. The summed E-state index contributed by atoms with van der Waals surface area (Å²) in [4.78, 5) is 25.0. The number of benzene rings is 4. The molecule has 0 aromatic heterocycles. The van der Waals surface area contributed by atoms with Crippen molar-refractivity contribution >= 4 is 51.7 Å². The molecule has 0 amide bonds. The zero-order chi connectivity index (χ0) is 38.8. The number of rotatable bonds is 10. The number of hydrogen-bond acceptors (Lipinski definition) is 9. The maximum atomic E-state index is 8.89. The fourth-order valence-electron chi connectivity index (χ4n) is 7.09. The smallest absolute Gasteiger partial charge is 0.550 e. The van der Waals surface area contributed by atoms with Gasteiger partial charge in [-0.3, -0.25) is 4.90 Å². The van der Waals surface area contributed by atoms with Crippen LogP contribution in [-0.4, -0.2) is 90.8 Å². The minimum atomic E-state index is -1.22. The van der Waals surface area contributed by atoms with Gasteiger partial charge in [-0.05, 0) is 48.5 Å².